The topological polar surface area (TPSA) is 41.1 Å². The Morgan fingerprint density at radius 2 is 1.84 bits per heavy atom. The van der Waals surface area contributed by atoms with E-state index in [-0.39, 0.29) is 22.5 Å². The molecule has 2 aromatic carbocycles. The average molecular weight is 369 g/mol. The first kappa shape index (κ1) is 17.8. The number of amides is 1. The van der Waals surface area contributed by atoms with Gasteiger partial charge in [-0.2, -0.15) is 0 Å². The van der Waals surface area contributed by atoms with E-state index in [1.807, 2.05) is 0 Å². The Morgan fingerprint density at radius 1 is 1.08 bits per heavy atom. The molecule has 7 heteroatoms. The van der Waals surface area contributed by atoms with Crippen LogP contribution in [0.3, 0.4) is 0 Å². The second-order valence-electron chi connectivity index (χ2n) is 5.98. The molecule has 0 saturated carbocycles. The van der Waals surface area contributed by atoms with Gasteiger partial charge in [0, 0.05) is 23.5 Å². The lowest BCUT2D eigenvalue weighted by molar-refractivity contribution is 0.0920. The molecule has 1 saturated heterocycles. The lowest BCUT2D eigenvalue weighted by atomic mass is 9.85. The Balaban J connectivity index is 1.82. The third-order valence-electron chi connectivity index (χ3n) is 4.34. The third-order valence-corrected chi connectivity index (χ3v) is 4.58. The molecule has 0 aromatic heterocycles. The molecule has 2 atom stereocenters. The molecule has 0 radical (unpaired) electrons. The van der Waals surface area contributed by atoms with Crippen LogP contribution in [0.4, 0.5) is 13.2 Å². The number of hydrogen-bond donors (Lipinski definition) is 2. The van der Waals surface area contributed by atoms with Crippen molar-refractivity contribution in [3.63, 3.8) is 0 Å². The van der Waals surface area contributed by atoms with Gasteiger partial charge < -0.3 is 10.6 Å². The number of carbonyl (C=O) groups excluding carboxylic acids is 1. The van der Waals surface area contributed by atoms with E-state index in [1.165, 1.54) is 18.2 Å². The van der Waals surface area contributed by atoms with Crippen molar-refractivity contribution in [2.45, 2.75) is 18.4 Å². The molecule has 2 N–H and O–H groups in total. The molecule has 0 spiro atoms. The molecule has 1 amide bonds. The highest BCUT2D eigenvalue weighted by Crippen LogP contribution is 2.27. The van der Waals surface area contributed by atoms with E-state index in [1.54, 1.807) is 0 Å². The highest BCUT2D eigenvalue weighted by Gasteiger charge is 2.29. The summed E-state index contributed by atoms with van der Waals surface area (Å²) in [6.07, 6.45) is 0.633. The van der Waals surface area contributed by atoms with Gasteiger partial charge in [-0.1, -0.05) is 17.7 Å². The summed E-state index contributed by atoms with van der Waals surface area (Å²) in [5, 5.41) is 6.17. The van der Waals surface area contributed by atoms with Crippen LogP contribution in [0.15, 0.2) is 36.4 Å². The molecule has 132 valence electrons. The molecule has 0 aliphatic carbocycles. The van der Waals surface area contributed by atoms with Gasteiger partial charge in [0.2, 0.25) is 0 Å². The number of nitrogens with one attached hydrogen (secondary N) is 2. The van der Waals surface area contributed by atoms with Gasteiger partial charge >= 0.3 is 0 Å². The fraction of sp³-hybridized carbons (Fsp3) is 0.278. The van der Waals surface area contributed by atoms with Crippen molar-refractivity contribution in [1.29, 1.82) is 0 Å². The third kappa shape index (κ3) is 3.96. The minimum atomic E-state index is -0.929. The predicted molar refractivity (Wildman–Crippen MR) is 89.2 cm³/mol. The maximum absolute atomic E-state index is 13.9. The van der Waals surface area contributed by atoms with Gasteiger partial charge in [0.05, 0.1) is 5.56 Å². The zero-order valence-electron chi connectivity index (χ0n) is 13.2. The molecule has 3 rings (SSSR count). The monoisotopic (exact) mass is 368 g/mol. The van der Waals surface area contributed by atoms with Crippen LogP contribution in [0.5, 0.6) is 0 Å². The van der Waals surface area contributed by atoms with Crippen LogP contribution in [0, 0.1) is 17.5 Å². The summed E-state index contributed by atoms with van der Waals surface area (Å²) in [5.41, 5.74) is 0.444. The Labute approximate surface area is 148 Å². The fourth-order valence-electron chi connectivity index (χ4n) is 3.07. The molecule has 1 aliphatic heterocycles. The van der Waals surface area contributed by atoms with Gasteiger partial charge in [0.1, 0.15) is 5.82 Å². The van der Waals surface area contributed by atoms with Crippen molar-refractivity contribution in [3.8, 4) is 0 Å². The maximum atomic E-state index is 13.9. The summed E-state index contributed by atoms with van der Waals surface area (Å²) in [4.78, 5) is 12.4. The first-order valence-electron chi connectivity index (χ1n) is 7.87. The molecule has 2 aromatic rings. The van der Waals surface area contributed by atoms with Crippen molar-refractivity contribution in [3.05, 3.63) is 70.0 Å². The summed E-state index contributed by atoms with van der Waals surface area (Å²) in [6, 6.07) is 7.09. The van der Waals surface area contributed by atoms with E-state index in [4.69, 9.17) is 11.6 Å². The zero-order chi connectivity index (χ0) is 18.0. The molecule has 1 heterocycles. The van der Waals surface area contributed by atoms with Crippen LogP contribution >= 0.6 is 11.6 Å². The summed E-state index contributed by atoms with van der Waals surface area (Å²) in [7, 11) is 0. The number of benzene rings is 2. The van der Waals surface area contributed by atoms with Gasteiger partial charge in [0.15, 0.2) is 11.6 Å². The number of piperidine rings is 1. The van der Waals surface area contributed by atoms with Gasteiger partial charge in [-0.3, -0.25) is 4.79 Å². The van der Waals surface area contributed by atoms with E-state index in [2.05, 4.69) is 10.6 Å². The molecule has 1 aliphatic rings. The number of carbonyl (C=O) groups is 1. The van der Waals surface area contributed by atoms with E-state index >= 15 is 0 Å². The largest absolute Gasteiger partial charge is 0.347 e. The average Bonchev–Trinajstić information content (AvgIpc) is 2.60. The number of halogens is 4. The smallest absolute Gasteiger partial charge is 0.254 e. The molecule has 25 heavy (non-hydrogen) atoms. The van der Waals surface area contributed by atoms with E-state index in [0.717, 1.165) is 18.2 Å². The Hall–Kier alpha value is -2.05. The standard InChI is InChI=1S/C18H16ClF3N2O/c19-11-2-4-14(20)13(8-11)18(25)24-17-9-23-6-5-12(17)10-1-3-15(21)16(22)7-10/h1-4,7-8,12,17,23H,5-6,9H2,(H,24,25). The van der Waals surface area contributed by atoms with Gasteiger partial charge in [-0.25, -0.2) is 13.2 Å². The highest BCUT2D eigenvalue weighted by molar-refractivity contribution is 6.31. The summed E-state index contributed by atoms with van der Waals surface area (Å²) < 4.78 is 40.6. The minimum absolute atomic E-state index is 0.151. The Kier molecular flexibility index (Phi) is 5.30. The fourth-order valence-corrected chi connectivity index (χ4v) is 3.24. The van der Waals surface area contributed by atoms with Crippen molar-refractivity contribution >= 4 is 17.5 Å². The molecule has 0 bridgehead atoms. The molecule has 2 unspecified atom stereocenters. The lowest BCUT2D eigenvalue weighted by Crippen LogP contribution is -2.50. The van der Waals surface area contributed by atoms with Gasteiger partial charge in [-0.15, -0.1) is 0 Å². The highest BCUT2D eigenvalue weighted by atomic mass is 35.5. The van der Waals surface area contributed by atoms with Crippen molar-refractivity contribution in [2.75, 3.05) is 13.1 Å². The van der Waals surface area contributed by atoms with Gasteiger partial charge in [0.25, 0.3) is 5.91 Å². The Bertz CT molecular complexity index is 800. The first-order valence-corrected chi connectivity index (χ1v) is 8.25. The number of hydrogen-bond acceptors (Lipinski definition) is 2. The van der Waals surface area contributed by atoms with Crippen LogP contribution < -0.4 is 10.6 Å². The normalized spacial score (nSPS) is 20.3. The van der Waals surface area contributed by atoms with Crippen molar-refractivity contribution < 1.29 is 18.0 Å². The predicted octanol–water partition coefficient (Wildman–Crippen LogP) is 3.63. The minimum Gasteiger partial charge on any atom is -0.347 e. The Morgan fingerprint density at radius 3 is 2.60 bits per heavy atom. The van der Waals surface area contributed by atoms with Crippen LogP contribution in [-0.2, 0) is 0 Å². The van der Waals surface area contributed by atoms with Crippen LogP contribution in [0.2, 0.25) is 5.02 Å². The second kappa shape index (κ2) is 7.45. The lowest BCUT2D eigenvalue weighted by Gasteiger charge is -2.33. The summed E-state index contributed by atoms with van der Waals surface area (Å²) in [6.45, 7) is 1.12. The van der Waals surface area contributed by atoms with Crippen LogP contribution in [-0.4, -0.2) is 25.0 Å². The molecule has 1 fully saturated rings. The van der Waals surface area contributed by atoms with Crippen LogP contribution in [0.25, 0.3) is 0 Å². The van der Waals surface area contributed by atoms with Gasteiger partial charge in [-0.05, 0) is 48.9 Å². The summed E-state index contributed by atoms with van der Waals surface area (Å²) in [5.74, 6) is -3.32. The van der Waals surface area contributed by atoms with Crippen molar-refractivity contribution in [2.24, 2.45) is 0 Å². The zero-order valence-corrected chi connectivity index (χ0v) is 13.9. The van der Waals surface area contributed by atoms with E-state index in [9.17, 15) is 18.0 Å². The molecule has 3 nitrogen and oxygen atoms in total. The van der Waals surface area contributed by atoms with Crippen molar-refractivity contribution in [1.82, 2.24) is 10.6 Å². The van der Waals surface area contributed by atoms with E-state index in [0.29, 0.717) is 25.1 Å². The first-order chi connectivity index (χ1) is 12.0. The molecular formula is C18H16ClF3N2O. The maximum Gasteiger partial charge on any atom is 0.254 e. The number of rotatable bonds is 3. The quantitative estimate of drug-likeness (QED) is 0.868. The second-order valence-corrected chi connectivity index (χ2v) is 6.41. The SMILES string of the molecule is O=C(NC1CNCCC1c1ccc(F)c(F)c1)c1cc(Cl)ccc1F. The van der Waals surface area contributed by atoms with E-state index < -0.39 is 23.4 Å². The molecular weight excluding hydrogens is 353 g/mol. The van der Waals surface area contributed by atoms with Crippen LogP contribution in [0.1, 0.15) is 28.3 Å². The summed E-state index contributed by atoms with van der Waals surface area (Å²) >= 11 is 5.82.